The summed E-state index contributed by atoms with van der Waals surface area (Å²) in [6.45, 7) is 3.89. The van der Waals surface area contributed by atoms with Gasteiger partial charge in [0.15, 0.2) is 0 Å². The molecule has 0 saturated carbocycles. The first-order chi connectivity index (χ1) is 16.1. The fraction of sp³-hybridized carbons (Fsp3) is 0.280. The highest BCUT2D eigenvalue weighted by Crippen LogP contribution is 2.11. The summed E-state index contributed by atoms with van der Waals surface area (Å²) >= 11 is 0. The lowest BCUT2D eigenvalue weighted by Gasteiger charge is -2.15. The topological polar surface area (TPSA) is 101 Å². The molecule has 4 rings (SSSR count). The Bertz CT molecular complexity index is 1390. The van der Waals surface area contributed by atoms with Crippen LogP contribution >= 0.6 is 0 Å². The fourth-order valence-corrected chi connectivity index (χ4v) is 3.81. The van der Waals surface area contributed by atoms with Crippen LogP contribution in [0.5, 0.6) is 0 Å². The van der Waals surface area contributed by atoms with Gasteiger partial charge in [0.25, 0.3) is 11.5 Å². The molecule has 0 aliphatic heterocycles. The molecule has 0 atom stereocenters. The number of carbonyl (C=O) groups is 1. The molecule has 0 saturated heterocycles. The average molecular weight is 446 g/mol. The molecule has 8 nitrogen and oxygen atoms in total. The maximum absolute atomic E-state index is 13.2. The standard InChI is InChI=1S/C25H27N5O3/c1-2-33-16-8-15-30-22(26)19(24(31)27-13-12-18-9-4-3-5-10-18)17-20-23(30)28-21-11-6-7-14-29(21)25(20)32/h3-7,9-11,14,17,26H,2,8,12-13,15-16H2,1H3,(H,27,31). The Balaban J connectivity index is 1.72. The van der Waals surface area contributed by atoms with E-state index in [1.165, 1.54) is 10.5 Å². The van der Waals surface area contributed by atoms with E-state index in [0.717, 1.165) is 5.56 Å². The highest BCUT2D eigenvalue weighted by atomic mass is 16.5. The summed E-state index contributed by atoms with van der Waals surface area (Å²) in [4.78, 5) is 30.8. The number of ether oxygens (including phenoxy) is 1. The first-order valence-electron chi connectivity index (χ1n) is 11.1. The van der Waals surface area contributed by atoms with Gasteiger partial charge in [-0.1, -0.05) is 36.4 Å². The fourth-order valence-electron chi connectivity index (χ4n) is 3.81. The van der Waals surface area contributed by atoms with E-state index in [9.17, 15) is 9.59 Å². The lowest BCUT2D eigenvalue weighted by Crippen LogP contribution is -2.35. The van der Waals surface area contributed by atoms with Crippen molar-refractivity contribution >= 4 is 22.6 Å². The van der Waals surface area contributed by atoms with E-state index in [-0.39, 0.29) is 22.5 Å². The van der Waals surface area contributed by atoms with Crippen molar-refractivity contribution in [2.75, 3.05) is 19.8 Å². The second-order valence-electron chi connectivity index (χ2n) is 7.68. The maximum Gasteiger partial charge on any atom is 0.267 e. The number of aryl methyl sites for hydroxylation is 1. The number of aromatic nitrogens is 3. The van der Waals surface area contributed by atoms with E-state index in [0.29, 0.717) is 55.8 Å². The molecule has 2 N–H and O–H groups in total. The lowest BCUT2D eigenvalue weighted by molar-refractivity contribution is 0.0951. The van der Waals surface area contributed by atoms with Crippen LogP contribution in [0.2, 0.25) is 0 Å². The van der Waals surface area contributed by atoms with Gasteiger partial charge in [-0.25, -0.2) is 4.98 Å². The van der Waals surface area contributed by atoms with Crippen molar-refractivity contribution in [3.05, 3.63) is 87.8 Å². The molecule has 0 aliphatic carbocycles. The molecule has 0 fully saturated rings. The SMILES string of the molecule is CCOCCCn1c(=N)c(C(=O)NCCc2ccccc2)cc2c(=O)n3ccccc3nc21. The predicted octanol–water partition coefficient (Wildman–Crippen LogP) is 2.53. The zero-order valence-corrected chi connectivity index (χ0v) is 18.6. The minimum atomic E-state index is -0.381. The molecule has 4 aromatic rings. The zero-order valence-electron chi connectivity index (χ0n) is 18.6. The second kappa shape index (κ2) is 10.2. The molecule has 0 radical (unpaired) electrons. The Morgan fingerprint density at radius 1 is 1.15 bits per heavy atom. The van der Waals surface area contributed by atoms with Gasteiger partial charge >= 0.3 is 0 Å². The number of nitrogens with zero attached hydrogens (tertiary/aromatic N) is 3. The van der Waals surface area contributed by atoms with E-state index < -0.39 is 0 Å². The molecular weight excluding hydrogens is 418 g/mol. The first-order valence-corrected chi connectivity index (χ1v) is 11.1. The van der Waals surface area contributed by atoms with Crippen LogP contribution in [0.25, 0.3) is 16.7 Å². The van der Waals surface area contributed by atoms with Crippen LogP contribution in [-0.4, -0.2) is 39.6 Å². The normalized spacial score (nSPS) is 11.2. The van der Waals surface area contributed by atoms with E-state index >= 15 is 0 Å². The summed E-state index contributed by atoms with van der Waals surface area (Å²) in [5.41, 5.74) is 1.92. The molecule has 1 amide bonds. The minimum Gasteiger partial charge on any atom is -0.382 e. The molecule has 1 aromatic carbocycles. The highest BCUT2D eigenvalue weighted by Gasteiger charge is 2.17. The molecular formula is C25H27N5O3. The monoisotopic (exact) mass is 445 g/mol. The third-order valence-corrected chi connectivity index (χ3v) is 5.48. The molecule has 0 bridgehead atoms. The van der Waals surface area contributed by atoms with E-state index in [1.807, 2.05) is 43.3 Å². The van der Waals surface area contributed by atoms with Crippen molar-refractivity contribution in [3.8, 4) is 0 Å². The van der Waals surface area contributed by atoms with Gasteiger partial charge in [-0.2, -0.15) is 0 Å². The van der Waals surface area contributed by atoms with Gasteiger partial charge in [0.1, 0.15) is 16.8 Å². The summed E-state index contributed by atoms with van der Waals surface area (Å²) in [5.74, 6) is -0.381. The summed E-state index contributed by atoms with van der Waals surface area (Å²) in [7, 11) is 0. The number of amides is 1. The van der Waals surface area contributed by atoms with Gasteiger partial charge in [-0.15, -0.1) is 0 Å². The van der Waals surface area contributed by atoms with Crippen LogP contribution in [0.4, 0.5) is 0 Å². The molecule has 0 unspecified atom stereocenters. The second-order valence-corrected chi connectivity index (χ2v) is 7.68. The average Bonchev–Trinajstić information content (AvgIpc) is 2.83. The lowest BCUT2D eigenvalue weighted by atomic mass is 10.1. The number of hydrogen-bond acceptors (Lipinski definition) is 5. The predicted molar refractivity (Wildman–Crippen MR) is 126 cm³/mol. The van der Waals surface area contributed by atoms with Gasteiger partial charge in [0, 0.05) is 32.5 Å². The van der Waals surface area contributed by atoms with Crippen molar-refractivity contribution in [2.24, 2.45) is 0 Å². The van der Waals surface area contributed by atoms with Gasteiger partial charge in [0.2, 0.25) is 0 Å². The molecule has 33 heavy (non-hydrogen) atoms. The summed E-state index contributed by atoms with van der Waals surface area (Å²) in [6, 6.07) is 16.7. The van der Waals surface area contributed by atoms with Gasteiger partial charge in [-0.05, 0) is 43.5 Å². The Labute approximate surface area is 191 Å². The highest BCUT2D eigenvalue weighted by molar-refractivity contribution is 5.96. The van der Waals surface area contributed by atoms with Crippen molar-refractivity contribution in [3.63, 3.8) is 0 Å². The Morgan fingerprint density at radius 2 is 1.94 bits per heavy atom. The van der Waals surface area contributed by atoms with Crippen LogP contribution in [0.15, 0.2) is 65.6 Å². The third kappa shape index (κ3) is 4.85. The van der Waals surface area contributed by atoms with Crippen molar-refractivity contribution in [1.29, 1.82) is 5.41 Å². The van der Waals surface area contributed by atoms with Crippen LogP contribution in [-0.2, 0) is 17.7 Å². The molecule has 170 valence electrons. The number of rotatable bonds is 9. The number of benzene rings is 1. The van der Waals surface area contributed by atoms with Gasteiger partial charge in [-0.3, -0.25) is 19.4 Å². The van der Waals surface area contributed by atoms with Crippen LogP contribution in [0.1, 0.15) is 29.3 Å². The maximum atomic E-state index is 13.2. The summed E-state index contributed by atoms with van der Waals surface area (Å²) in [6.07, 6.45) is 2.96. The largest absolute Gasteiger partial charge is 0.382 e. The number of nitrogens with one attached hydrogen (secondary N) is 2. The molecule has 0 aliphatic rings. The quantitative estimate of drug-likeness (QED) is 0.305. The Hall–Kier alpha value is -3.78. The third-order valence-electron chi connectivity index (χ3n) is 5.48. The number of fused-ring (bicyclic) bond motifs is 2. The molecule has 3 aromatic heterocycles. The number of hydrogen-bond donors (Lipinski definition) is 2. The van der Waals surface area contributed by atoms with Crippen molar-refractivity contribution in [1.82, 2.24) is 19.3 Å². The van der Waals surface area contributed by atoms with E-state index in [1.54, 1.807) is 22.9 Å². The minimum absolute atomic E-state index is 0.0309. The first kappa shape index (κ1) is 22.4. The Morgan fingerprint density at radius 3 is 2.73 bits per heavy atom. The van der Waals surface area contributed by atoms with E-state index in [4.69, 9.17) is 10.1 Å². The van der Waals surface area contributed by atoms with Crippen molar-refractivity contribution < 1.29 is 9.53 Å². The van der Waals surface area contributed by atoms with Gasteiger partial charge in [0.05, 0.1) is 10.9 Å². The van der Waals surface area contributed by atoms with Crippen LogP contribution < -0.4 is 16.4 Å². The molecule has 0 spiro atoms. The smallest absolute Gasteiger partial charge is 0.267 e. The van der Waals surface area contributed by atoms with Gasteiger partial charge < -0.3 is 14.6 Å². The summed E-state index contributed by atoms with van der Waals surface area (Å²) in [5, 5.41) is 11.9. The van der Waals surface area contributed by atoms with Crippen LogP contribution in [0, 0.1) is 5.41 Å². The van der Waals surface area contributed by atoms with Crippen molar-refractivity contribution in [2.45, 2.75) is 26.3 Å². The Kier molecular flexibility index (Phi) is 6.95. The molecule has 8 heteroatoms. The van der Waals surface area contributed by atoms with E-state index in [2.05, 4.69) is 10.3 Å². The summed E-state index contributed by atoms with van der Waals surface area (Å²) < 4.78 is 8.52. The van der Waals surface area contributed by atoms with Crippen LogP contribution in [0.3, 0.4) is 0 Å². The molecule has 3 heterocycles. The number of pyridine rings is 2. The number of carbonyl (C=O) groups excluding carboxylic acids is 1. The zero-order chi connectivity index (χ0) is 23.2.